The van der Waals surface area contributed by atoms with Gasteiger partial charge in [0.1, 0.15) is 0 Å². The van der Waals surface area contributed by atoms with Crippen LogP contribution in [0.15, 0.2) is 24.3 Å². The van der Waals surface area contributed by atoms with Gasteiger partial charge in [-0.25, -0.2) is 4.79 Å². The average Bonchev–Trinajstić information content (AvgIpc) is 2.38. The molecule has 4 nitrogen and oxygen atoms in total. The SMILES string of the molecule is CCOCCCNC(=O)N[C@@H](C)c1cccc(Cl)c1. The Balaban J connectivity index is 2.28. The Bertz CT molecular complexity index is 399. The zero-order valence-electron chi connectivity index (χ0n) is 11.4. The zero-order valence-corrected chi connectivity index (χ0v) is 12.2. The maximum absolute atomic E-state index is 11.6. The lowest BCUT2D eigenvalue weighted by molar-refractivity contribution is 0.145. The highest BCUT2D eigenvalue weighted by Crippen LogP contribution is 2.16. The van der Waals surface area contributed by atoms with Crippen LogP contribution in [0.3, 0.4) is 0 Å². The van der Waals surface area contributed by atoms with Crippen LogP contribution in [0, 0.1) is 0 Å². The van der Waals surface area contributed by atoms with Gasteiger partial charge in [-0.2, -0.15) is 0 Å². The molecule has 0 saturated carbocycles. The van der Waals surface area contributed by atoms with E-state index >= 15 is 0 Å². The van der Waals surface area contributed by atoms with E-state index in [9.17, 15) is 4.79 Å². The summed E-state index contributed by atoms with van der Waals surface area (Å²) in [6.45, 7) is 5.85. The summed E-state index contributed by atoms with van der Waals surface area (Å²) in [7, 11) is 0. The second-order valence-electron chi connectivity index (χ2n) is 4.23. The molecule has 2 N–H and O–H groups in total. The van der Waals surface area contributed by atoms with Gasteiger partial charge in [-0.05, 0) is 38.0 Å². The van der Waals surface area contributed by atoms with Crippen LogP contribution in [0.2, 0.25) is 5.02 Å². The van der Waals surface area contributed by atoms with E-state index in [-0.39, 0.29) is 12.1 Å². The van der Waals surface area contributed by atoms with Gasteiger partial charge < -0.3 is 15.4 Å². The van der Waals surface area contributed by atoms with Crippen molar-refractivity contribution in [1.82, 2.24) is 10.6 Å². The number of rotatable bonds is 7. The number of carbonyl (C=O) groups excluding carboxylic acids is 1. The van der Waals surface area contributed by atoms with Crippen molar-refractivity contribution in [3.63, 3.8) is 0 Å². The largest absolute Gasteiger partial charge is 0.382 e. The lowest BCUT2D eigenvalue weighted by Gasteiger charge is -2.15. The normalized spacial score (nSPS) is 11.9. The van der Waals surface area contributed by atoms with Crippen LogP contribution in [0.5, 0.6) is 0 Å². The van der Waals surface area contributed by atoms with E-state index in [0.717, 1.165) is 12.0 Å². The summed E-state index contributed by atoms with van der Waals surface area (Å²) in [6.07, 6.45) is 0.812. The Kier molecular flexibility index (Phi) is 7.30. The molecule has 0 bridgehead atoms. The molecule has 5 heteroatoms. The summed E-state index contributed by atoms with van der Waals surface area (Å²) in [6, 6.07) is 7.21. The molecule has 1 atom stereocenters. The minimum absolute atomic E-state index is 0.0782. The molecule has 0 unspecified atom stereocenters. The van der Waals surface area contributed by atoms with Crippen LogP contribution in [0.25, 0.3) is 0 Å². The van der Waals surface area contributed by atoms with Crippen molar-refractivity contribution in [2.45, 2.75) is 26.3 Å². The standard InChI is InChI=1S/C14H21ClN2O2/c1-3-19-9-5-8-16-14(18)17-11(2)12-6-4-7-13(15)10-12/h4,6-7,10-11H,3,5,8-9H2,1-2H3,(H2,16,17,18)/t11-/m0/s1. The summed E-state index contributed by atoms with van der Waals surface area (Å²) in [4.78, 5) is 11.6. The predicted octanol–water partition coefficient (Wildman–Crippen LogP) is 3.13. The molecule has 0 radical (unpaired) electrons. The van der Waals surface area contributed by atoms with Crippen molar-refractivity contribution in [2.75, 3.05) is 19.8 Å². The number of hydrogen-bond donors (Lipinski definition) is 2. The molecule has 0 aliphatic carbocycles. The number of urea groups is 1. The first kappa shape index (κ1) is 15.8. The Hall–Kier alpha value is -1.26. The number of benzene rings is 1. The molecule has 2 amide bonds. The maximum Gasteiger partial charge on any atom is 0.315 e. The van der Waals surface area contributed by atoms with Gasteiger partial charge in [0, 0.05) is 24.8 Å². The van der Waals surface area contributed by atoms with Crippen molar-refractivity contribution in [2.24, 2.45) is 0 Å². The Morgan fingerprint density at radius 3 is 2.95 bits per heavy atom. The van der Waals surface area contributed by atoms with Gasteiger partial charge in [-0.3, -0.25) is 0 Å². The van der Waals surface area contributed by atoms with Crippen LogP contribution >= 0.6 is 11.6 Å². The number of carbonyl (C=O) groups is 1. The third kappa shape index (κ3) is 6.45. The van der Waals surface area contributed by atoms with Crippen molar-refractivity contribution in [1.29, 1.82) is 0 Å². The lowest BCUT2D eigenvalue weighted by Crippen LogP contribution is -2.37. The van der Waals surface area contributed by atoms with Gasteiger partial charge in [0.2, 0.25) is 0 Å². The van der Waals surface area contributed by atoms with Gasteiger partial charge in [0.05, 0.1) is 6.04 Å². The fourth-order valence-corrected chi connectivity index (χ4v) is 1.83. The molecule has 0 saturated heterocycles. The molecule has 0 spiro atoms. The van der Waals surface area contributed by atoms with Crippen LogP contribution in [-0.2, 0) is 4.74 Å². The Labute approximate surface area is 119 Å². The summed E-state index contributed by atoms with van der Waals surface area (Å²) in [5, 5.41) is 6.33. The highest BCUT2D eigenvalue weighted by atomic mass is 35.5. The van der Waals surface area contributed by atoms with Crippen LogP contribution in [0.1, 0.15) is 31.9 Å². The number of ether oxygens (including phenoxy) is 1. The molecule has 0 heterocycles. The Morgan fingerprint density at radius 1 is 1.47 bits per heavy atom. The summed E-state index contributed by atoms with van der Waals surface area (Å²) < 4.78 is 5.19. The van der Waals surface area contributed by atoms with Crippen LogP contribution < -0.4 is 10.6 Å². The number of hydrogen-bond acceptors (Lipinski definition) is 2. The van der Waals surface area contributed by atoms with Gasteiger partial charge in [-0.1, -0.05) is 23.7 Å². The quantitative estimate of drug-likeness (QED) is 0.756. The summed E-state index contributed by atoms with van der Waals surface area (Å²) >= 11 is 5.92. The van der Waals surface area contributed by atoms with E-state index in [1.807, 2.05) is 38.1 Å². The smallest absolute Gasteiger partial charge is 0.315 e. The van der Waals surface area contributed by atoms with E-state index in [1.165, 1.54) is 0 Å². The number of amides is 2. The molecule has 19 heavy (non-hydrogen) atoms. The monoisotopic (exact) mass is 284 g/mol. The van der Waals surface area contributed by atoms with Crippen molar-refractivity contribution < 1.29 is 9.53 Å². The topological polar surface area (TPSA) is 50.4 Å². The van der Waals surface area contributed by atoms with E-state index < -0.39 is 0 Å². The third-order valence-electron chi connectivity index (χ3n) is 2.65. The molecule has 1 rings (SSSR count). The van der Waals surface area contributed by atoms with E-state index in [1.54, 1.807) is 0 Å². The van der Waals surface area contributed by atoms with E-state index in [0.29, 0.717) is 24.8 Å². The fourth-order valence-electron chi connectivity index (χ4n) is 1.63. The third-order valence-corrected chi connectivity index (χ3v) is 2.89. The van der Waals surface area contributed by atoms with Crippen molar-refractivity contribution >= 4 is 17.6 Å². The number of halogens is 1. The van der Waals surface area contributed by atoms with Gasteiger partial charge >= 0.3 is 6.03 Å². The van der Waals surface area contributed by atoms with Crippen molar-refractivity contribution in [3.05, 3.63) is 34.9 Å². The zero-order chi connectivity index (χ0) is 14.1. The van der Waals surface area contributed by atoms with Crippen molar-refractivity contribution in [3.8, 4) is 0 Å². The van der Waals surface area contributed by atoms with Gasteiger partial charge in [0.25, 0.3) is 0 Å². The Morgan fingerprint density at radius 2 is 2.26 bits per heavy atom. The molecule has 0 fully saturated rings. The molecular formula is C14H21ClN2O2. The average molecular weight is 285 g/mol. The lowest BCUT2D eigenvalue weighted by atomic mass is 10.1. The van der Waals surface area contributed by atoms with E-state index in [2.05, 4.69) is 10.6 Å². The highest BCUT2D eigenvalue weighted by molar-refractivity contribution is 6.30. The molecule has 106 valence electrons. The second-order valence-corrected chi connectivity index (χ2v) is 4.66. The second kappa shape index (κ2) is 8.77. The summed E-state index contributed by atoms with van der Waals surface area (Å²) in [5.74, 6) is 0. The minimum Gasteiger partial charge on any atom is -0.382 e. The van der Waals surface area contributed by atoms with Gasteiger partial charge in [0.15, 0.2) is 0 Å². The molecule has 1 aromatic rings. The number of nitrogens with one attached hydrogen (secondary N) is 2. The van der Waals surface area contributed by atoms with E-state index in [4.69, 9.17) is 16.3 Å². The molecule has 0 aromatic heterocycles. The minimum atomic E-state index is -0.177. The molecule has 0 aliphatic heterocycles. The fraction of sp³-hybridized carbons (Fsp3) is 0.500. The summed E-state index contributed by atoms with van der Waals surface area (Å²) in [5.41, 5.74) is 0.983. The van der Waals surface area contributed by atoms with Crippen LogP contribution in [-0.4, -0.2) is 25.8 Å². The van der Waals surface area contributed by atoms with Crippen LogP contribution in [0.4, 0.5) is 4.79 Å². The first-order valence-corrected chi connectivity index (χ1v) is 6.89. The first-order chi connectivity index (χ1) is 9.13. The predicted molar refractivity (Wildman–Crippen MR) is 77.5 cm³/mol. The highest BCUT2D eigenvalue weighted by Gasteiger charge is 2.08. The van der Waals surface area contributed by atoms with Gasteiger partial charge in [-0.15, -0.1) is 0 Å². The first-order valence-electron chi connectivity index (χ1n) is 6.51. The molecular weight excluding hydrogens is 264 g/mol. The maximum atomic E-state index is 11.6. The molecule has 0 aliphatic rings. The molecule has 1 aromatic carbocycles.